The van der Waals surface area contributed by atoms with Crippen molar-refractivity contribution in [2.45, 2.75) is 71.8 Å². The zero-order valence-electron chi connectivity index (χ0n) is 12.5. The number of carbonyl (C=O) groups excluding carboxylic acids is 1. The third-order valence-corrected chi connectivity index (χ3v) is 5.08. The highest BCUT2D eigenvalue weighted by molar-refractivity contribution is 5.83. The van der Waals surface area contributed by atoms with Crippen LogP contribution in [0.2, 0.25) is 0 Å². The molecule has 0 saturated heterocycles. The molecule has 0 aromatic carbocycles. The van der Waals surface area contributed by atoms with Crippen LogP contribution in [0.15, 0.2) is 0 Å². The maximum Gasteiger partial charge on any atom is 0.227 e. The molecule has 18 heavy (non-hydrogen) atoms. The molecule has 1 amide bonds. The molecule has 0 atom stereocenters. The standard InChI is InChI=1S/C15H30N2O/c1-5-14(4,6-2)17-13(18)15(11-16)9-7-12(3)8-10-15/h12H,5-11,16H2,1-4H3,(H,17,18). The van der Waals surface area contributed by atoms with E-state index in [1.165, 1.54) is 0 Å². The van der Waals surface area contributed by atoms with E-state index in [0.717, 1.165) is 44.4 Å². The molecule has 0 aromatic rings. The monoisotopic (exact) mass is 254 g/mol. The summed E-state index contributed by atoms with van der Waals surface area (Å²) in [7, 11) is 0. The van der Waals surface area contributed by atoms with Crippen molar-refractivity contribution in [3.63, 3.8) is 0 Å². The molecule has 1 saturated carbocycles. The molecule has 1 rings (SSSR count). The van der Waals surface area contributed by atoms with Crippen molar-refractivity contribution in [2.75, 3.05) is 6.54 Å². The van der Waals surface area contributed by atoms with Crippen molar-refractivity contribution in [2.24, 2.45) is 17.1 Å². The number of carbonyl (C=O) groups is 1. The molecule has 0 unspecified atom stereocenters. The van der Waals surface area contributed by atoms with Crippen LogP contribution in [0.5, 0.6) is 0 Å². The summed E-state index contributed by atoms with van der Waals surface area (Å²) in [5, 5.41) is 3.25. The maximum absolute atomic E-state index is 12.6. The van der Waals surface area contributed by atoms with E-state index in [0.29, 0.717) is 6.54 Å². The Labute approximate surface area is 112 Å². The van der Waals surface area contributed by atoms with Gasteiger partial charge < -0.3 is 11.1 Å². The zero-order chi connectivity index (χ0) is 13.8. The van der Waals surface area contributed by atoms with Crippen LogP contribution in [-0.2, 0) is 4.79 Å². The van der Waals surface area contributed by atoms with Crippen molar-refractivity contribution in [3.8, 4) is 0 Å². The Hall–Kier alpha value is -0.570. The van der Waals surface area contributed by atoms with Crippen molar-refractivity contribution < 1.29 is 4.79 Å². The maximum atomic E-state index is 12.6. The lowest BCUT2D eigenvalue weighted by atomic mass is 9.70. The second-order valence-corrected chi connectivity index (χ2v) is 6.39. The van der Waals surface area contributed by atoms with Crippen LogP contribution in [0.3, 0.4) is 0 Å². The molecule has 1 fully saturated rings. The molecule has 1 aliphatic carbocycles. The van der Waals surface area contributed by atoms with Gasteiger partial charge in [-0.2, -0.15) is 0 Å². The number of amides is 1. The lowest BCUT2D eigenvalue weighted by Crippen LogP contribution is -2.54. The molecule has 3 heteroatoms. The van der Waals surface area contributed by atoms with E-state index in [9.17, 15) is 4.79 Å². The minimum atomic E-state index is -0.307. The van der Waals surface area contributed by atoms with E-state index in [-0.39, 0.29) is 16.9 Å². The van der Waals surface area contributed by atoms with Crippen LogP contribution in [0.1, 0.15) is 66.2 Å². The van der Waals surface area contributed by atoms with E-state index >= 15 is 0 Å². The van der Waals surface area contributed by atoms with Gasteiger partial charge >= 0.3 is 0 Å². The Kier molecular flexibility index (Phi) is 5.20. The highest BCUT2D eigenvalue weighted by Gasteiger charge is 2.41. The molecule has 0 heterocycles. The van der Waals surface area contributed by atoms with E-state index in [1.54, 1.807) is 0 Å². The first kappa shape index (κ1) is 15.5. The zero-order valence-corrected chi connectivity index (χ0v) is 12.5. The molecule has 0 radical (unpaired) electrons. The van der Waals surface area contributed by atoms with Gasteiger partial charge in [-0.05, 0) is 51.4 Å². The number of hydrogen-bond acceptors (Lipinski definition) is 2. The Morgan fingerprint density at radius 3 is 2.22 bits per heavy atom. The molecule has 3 N–H and O–H groups in total. The Morgan fingerprint density at radius 1 is 1.33 bits per heavy atom. The summed E-state index contributed by atoms with van der Waals surface area (Å²) in [6.07, 6.45) is 6.07. The third-order valence-electron chi connectivity index (χ3n) is 5.08. The molecule has 0 aromatic heterocycles. The van der Waals surface area contributed by atoms with Crippen LogP contribution in [0, 0.1) is 11.3 Å². The quantitative estimate of drug-likeness (QED) is 0.792. The fourth-order valence-corrected chi connectivity index (χ4v) is 2.67. The number of hydrogen-bond donors (Lipinski definition) is 2. The first-order chi connectivity index (χ1) is 8.41. The summed E-state index contributed by atoms with van der Waals surface area (Å²) in [4.78, 5) is 12.6. The van der Waals surface area contributed by atoms with Gasteiger partial charge in [0.2, 0.25) is 5.91 Å². The summed E-state index contributed by atoms with van der Waals surface area (Å²) < 4.78 is 0. The van der Waals surface area contributed by atoms with Gasteiger partial charge in [-0.15, -0.1) is 0 Å². The van der Waals surface area contributed by atoms with Crippen LogP contribution >= 0.6 is 0 Å². The second kappa shape index (κ2) is 6.05. The van der Waals surface area contributed by atoms with Gasteiger partial charge in [0.25, 0.3) is 0 Å². The third kappa shape index (κ3) is 3.25. The van der Waals surface area contributed by atoms with Crippen LogP contribution in [0.4, 0.5) is 0 Å². The SMILES string of the molecule is CCC(C)(CC)NC(=O)C1(CN)CCC(C)CC1. The summed E-state index contributed by atoms with van der Waals surface area (Å²) in [5.74, 6) is 0.921. The molecule has 1 aliphatic rings. The predicted molar refractivity (Wildman–Crippen MR) is 76.2 cm³/mol. The molecule has 3 nitrogen and oxygen atoms in total. The molecule has 0 aliphatic heterocycles. The van der Waals surface area contributed by atoms with Crippen molar-refractivity contribution >= 4 is 5.91 Å². The lowest BCUT2D eigenvalue weighted by Gasteiger charge is -2.40. The second-order valence-electron chi connectivity index (χ2n) is 6.39. The Bertz CT molecular complexity index is 276. The smallest absolute Gasteiger partial charge is 0.227 e. The average Bonchev–Trinajstić information content (AvgIpc) is 2.39. The molecular weight excluding hydrogens is 224 g/mol. The molecule has 106 valence electrons. The Balaban J connectivity index is 2.74. The summed E-state index contributed by atoms with van der Waals surface area (Å²) >= 11 is 0. The van der Waals surface area contributed by atoms with Crippen molar-refractivity contribution in [3.05, 3.63) is 0 Å². The largest absolute Gasteiger partial charge is 0.350 e. The minimum absolute atomic E-state index is 0.0810. The van der Waals surface area contributed by atoms with Gasteiger partial charge in [0.05, 0.1) is 5.41 Å². The topological polar surface area (TPSA) is 55.1 Å². The Morgan fingerprint density at radius 2 is 1.83 bits per heavy atom. The van der Waals surface area contributed by atoms with Crippen molar-refractivity contribution in [1.82, 2.24) is 5.32 Å². The number of nitrogens with two attached hydrogens (primary N) is 1. The molecule has 0 spiro atoms. The van der Waals surface area contributed by atoms with Gasteiger partial charge in [-0.3, -0.25) is 4.79 Å². The number of rotatable bonds is 5. The van der Waals surface area contributed by atoms with Gasteiger partial charge in [-0.1, -0.05) is 20.8 Å². The lowest BCUT2D eigenvalue weighted by molar-refractivity contribution is -0.134. The first-order valence-corrected chi connectivity index (χ1v) is 7.44. The van der Waals surface area contributed by atoms with Gasteiger partial charge in [0.15, 0.2) is 0 Å². The summed E-state index contributed by atoms with van der Waals surface area (Å²) in [6, 6.07) is 0. The van der Waals surface area contributed by atoms with E-state index in [4.69, 9.17) is 5.73 Å². The predicted octanol–water partition coefficient (Wildman–Crippen LogP) is 2.84. The highest BCUT2D eigenvalue weighted by Crippen LogP contribution is 2.38. The fraction of sp³-hybridized carbons (Fsp3) is 0.933. The van der Waals surface area contributed by atoms with E-state index < -0.39 is 0 Å². The summed E-state index contributed by atoms with van der Waals surface area (Å²) in [6.45, 7) is 9.12. The van der Waals surface area contributed by atoms with Gasteiger partial charge in [0, 0.05) is 12.1 Å². The first-order valence-electron chi connectivity index (χ1n) is 7.44. The van der Waals surface area contributed by atoms with Crippen LogP contribution < -0.4 is 11.1 Å². The van der Waals surface area contributed by atoms with E-state index in [1.807, 2.05) is 0 Å². The fourth-order valence-electron chi connectivity index (χ4n) is 2.67. The van der Waals surface area contributed by atoms with Crippen molar-refractivity contribution in [1.29, 1.82) is 0 Å². The summed E-state index contributed by atoms with van der Waals surface area (Å²) in [5.41, 5.74) is 5.54. The van der Waals surface area contributed by atoms with Gasteiger partial charge in [-0.25, -0.2) is 0 Å². The highest BCUT2D eigenvalue weighted by atomic mass is 16.2. The van der Waals surface area contributed by atoms with Crippen LogP contribution in [-0.4, -0.2) is 18.0 Å². The van der Waals surface area contributed by atoms with Gasteiger partial charge in [0.1, 0.15) is 0 Å². The minimum Gasteiger partial charge on any atom is -0.350 e. The average molecular weight is 254 g/mol. The molecule has 0 bridgehead atoms. The molecular formula is C15H30N2O. The normalized spacial score (nSPS) is 29.1. The number of nitrogens with one attached hydrogen (secondary N) is 1. The van der Waals surface area contributed by atoms with E-state index in [2.05, 4.69) is 33.0 Å². The van der Waals surface area contributed by atoms with Crippen LogP contribution in [0.25, 0.3) is 0 Å².